The highest BCUT2D eigenvalue weighted by Gasteiger charge is 2.19. The van der Waals surface area contributed by atoms with Crippen molar-refractivity contribution in [2.45, 2.75) is 33.2 Å². The molecular formula is C15H24N2O. The fourth-order valence-electron chi connectivity index (χ4n) is 2.16. The Balaban J connectivity index is 2.64. The van der Waals surface area contributed by atoms with Crippen molar-refractivity contribution in [2.75, 3.05) is 13.6 Å². The maximum atomic E-state index is 12.2. The lowest BCUT2D eigenvalue weighted by atomic mass is 10.0. The van der Waals surface area contributed by atoms with Crippen LogP contribution in [0.15, 0.2) is 24.3 Å². The first kappa shape index (κ1) is 14.7. The van der Waals surface area contributed by atoms with E-state index in [9.17, 15) is 4.79 Å². The van der Waals surface area contributed by atoms with Gasteiger partial charge in [-0.05, 0) is 18.9 Å². The van der Waals surface area contributed by atoms with Gasteiger partial charge in [-0.15, -0.1) is 0 Å². The second-order valence-corrected chi connectivity index (χ2v) is 4.90. The van der Waals surface area contributed by atoms with Crippen LogP contribution in [-0.2, 0) is 11.3 Å². The SMILES string of the molecule is CCCC(CN)C(=O)N(C)Cc1cccc(C)c1. The molecule has 0 spiro atoms. The number of benzene rings is 1. The molecule has 1 atom stereocenters. The average molecular weight is 248 g/mol. The molecule has 3 heteroatoms. The molecule has 1 amide bonds. The number of nitrogens with zero attached hydrogens (tertiary/aromatic N) is 1. The van der Waals surface area contributed by atoms with Crippen molar-refractivity contribution >= 4 is 5.91 Å². The van der Waals surface area contributed by atoms with Crippen molar-refractivity contribution in [1.82, 2.24) is 4.90 Å². The zero-order chi connectivity index (χ0) is 13.5. The van der Waals surface area contributed by atoms with Gasteiger partial charge < -0.3 is 10.6 Å². The van der Waals surface area contributed by atoms with Crippen LogP contribution in [0.4, 0.5) is 0 Å². The molecule has 100 valence electrons. The first-order valence-electron chi connectivity index (χ1n) is 6.59. The maximum absolute atomic E-state index is 12.2. The van der Waals surface area contributed by atoms with E-state index in [4.69, 9.17) is 5.73 Å². The van der Waals surface area contributed by atoms with E-state index >= 15 is 0 Å². The van der Waals surface area contributed by atoms with Gasteiger partial charge in [-0.3, -0.25) is 4.79 Å². The van der Waals surface area contributed by atoms with Crippen LogP contribution in [0.3, 0.4) is 0 Å². The summed E-state index contributed by atoms with van der Waals surface area (Å²) in [4.78, 5) is 14.0. The van der Waals surface area contributed by atoms with Gasteiger partial charge in [0.1, 0.15) is 0 Å². The molecule has 1 rings (SSSR count). The van der Waals surface area contributed by atoms with E-state index in [1.54, 1.807) is 4.90 Å². The van der Waals surface area contributed by atoms with Crippen LogP contribution in [0.25, 0.3) is 0 Å². The number of rotatable bonds is 6. The highest BCUT2D eigenvalue weighted by molar-refractivity contribution is 5.78. The van der Waals surface area contributed by atoms with Crippen molar-refractivity contribution in [3.8, 4) is 0 Å². The number of amides is 1. The highest BCUT2D eigenvalue weighted by Crippen LogP contribution is 2.12. The molecule has 0 bridgehead atoms. The monoisotopic (exact) mass is 248 g/mol. The summed E-state index contributed by atoms with van der Waals surface area (Å²) < 4.78 is 0. The molecule has 1 aromatic rings. The van der Waals surface area contributed by atoms with Gasteiger partial charge in [0, 0.05) is 20.1 Å². The Morgan fingerprint density at radius 2 is 2.17 bits per heavy atom. The smallest absolute Gasteiger partial charge is 0.226 e. The van der Waals surface area contributed by atoms with Crippen molar-refractivity contribution in [3.63, 3.8) is 0 Å². The fourth-order valence-corrected chi connectivity index (χ4v) is 2.16. The van der Waals surface area contributed by atoms with Crippen LogP contribution in [0.2, 0.25) is 0 Å². The van der Waals surface area contributed by atoms with Gasteiger partial charge in [-0.1, -0.05) is 43.2 Å². The molecule has 1 aromatic carbocycles. The Morgan fingerprint density at radius 3 is 2.72 bits per heavy atom. The third-order valence-electron chi connectivity index (χ3n) is 3.15. The van der Waals surface area contributed by atoms with Gasteiger partial charge >= 0.3 is 0 Å². The lowest BCUT2D eigenvalue weighted by Crippen LogP contribution is -2.36. The van der Waals surface area contributed by atoms with E-state index < -0.39 is 0 Å². The standard InChI is InChI=1S/C15H24N2O/c1-4-6-14(10-16)15(18)17(3)11-13-8-5-7-12(2)9-13/h5,7-9,14H,4,6,10-11,16H2,1-3H3. The van der Waals surface area contributed by atoms with Crippen molar-refractivity contribution in [2.24, 2.45) is 11.7 Å². The molecule has 0 fully saturated rings. The third-order valence-corrected chi connectivity index (χ3v) is 3.15. The number of aryl methyl sites for hydroxylation is 1. The van der Waals surface area contributed by atoms with Crippen molar-refractivity contribution in [3.05, 3.63) is 35.4 Å². The molecule has 0 saturated heterocycles. The normalized spacial score (nSPS) is 12.2. The summed E-state index contributed by atoms with van der Waals surface area (Å²) >= 11 is 0. The number of nitrogens with two attached hydrogens (primary N) is 1. The largest absolute Gasteiger partial charge is 0.341 e. The summed E-state index contributed by atoms with van der Waals surface area (Å²) in [6, 6.07) is 8.25. The number of hydrogen-bond acceptors (Lipinski definition) is 2. The molecule has 0 radical (unpaired) electrons. The quantitative estimate of drug-likeness (QED) is 0.840. The minimum absolute atomic E-state index is 0.0372. The van der Waals surface area contributed by atoms with Crippen molar-refractivity contribution in [1.29, 1.82) is 0 Å². The molecule has 2 N–H and O–H groups in total. The van der Waals surface area contributed by atoms with E-state index in [0.717, 1.165) is 18.4 Å². The molecule has 0 heterocycles. The van der Waals surface area contributed by atoms with E-state index in [2.05, 4.69) is 26.0 Å². The van der Waals surface area contributed by atoms with Crippen LogP contribution in [0, 0.1) is 12.8 Å². The Hall–Kier alpha value is -1.35. The van der Waals surface area contributed by atoms with Crippen molar-refractivity contribution < 1.29 is 4.79 Å². The molecule has 0 saturated carbocycles. The Kier molecular flexibility index (Phi) is 5.86. The van der Waals surface area contributed by atoms with Crippen LogP contribution in [-0.4, -0.2) is 24.4 Å². The van der Waals surface area contributed by atoms with Gasteiger partial charge in [0.05, 0.1) is 5.92 Å². The summed E-state index contributed by atoms with van der Waals surface area (Å²) in [5.41, 5.74) is 8.05. The van der Waals surface area contributed by atoms with Crippen LogP contribution in [0.5, 0.6) is 0 Å². The molecule has 0 aliphatic carbocycles. The van der Waals surface area contributed by atoms with Gasteiger partial charge in [0.2, 0.25) is 5.91 Å². The minimum atomic E-state index is -0.0372. The lowest BCUT2D eigenvalue weighted by Gasteiger charge is -2.23. The third kappa shape index (κ3) is 4.15. The Labute approximate surface area is 110 Å². The molecule has 1 unspecified atom stereocenters. The predicted molar refractivity (Wildman–Crippen MR) is 75.1 cm³/mol. The molecule has 18 heavy (non-hydrogen) atoms. The summed E-state index contributed by atoms with van der Waals surface area (Å²) in [6.07, 6.45) is 1.86. The summed E-state index contributed by atoms with van der Waals surface area (Å²) in [6.45, 7) is 5.23. The van der Waals surface area contributed by atoms with E-state index in [-0.39, 0.29) is 11.8 Å². The van der Waals surface area contributed by atoms with E-state index in [0.29, 0.717) is 13.1 Å². The number of carbonyl (C=O) groups excluding carboxylic acids is 1. The van der Waals surface area contributed by atoms with Crippen LogP contribution < -0.4 is 5.73 Å². The predicted octanol–water partition coefficient (Wildman–Crippen LogP) is 2.33. The number of carbonyl (C=O) groups is 1. The minimum Gasteiger partial charge on any atom is -0.341 e. The Morgan fingerprint density at radius 1 is 1.44 bits per heavy atom. The molecular weight excluding hydrogens is 224 g/mol. The summed E-state index contributed by atoms with van der Waals surface area (Å²) in [5, 5.41) is 0. The summed E-state index contributed by atoms with van der Waals surface area (Å²) in [5.74, 6) is 0.116. The molecule has 0 aromatic heterocycles. The van der Waals surface area contributed by atoms with E-state index in [1.807, 2.05) is 19.2 Å². The lowest BCUT2D eigenvalue weighted by molar-refractivity contribution is -0.134. The summed E-state index contributed by atoms with van der Waals surface area (Å²) in [7, 11) is 1.85. The fraction of sp³-hybridized carbons (Fsp3) is 0.533. The highest BCUT2D eigenvalue weighted by atomic mass is 16.2. The molecule has 0 aliphatic rings. The van der Waals surface area contributed by atoms with Crippen LogP contribution in [0.1, 0.15) is 30.9 Å². The molecule has 0 aliphatic heterocycles. The second-order valence-electron chi connectivity index (χ2n) is 4.90. The molecule has 3 nitrogen and oxygen atoms in total. The Bertz CT molecular complexity index is 390. The van der Waals surface area contributed by atoms with Gasteiger partial charge in [0.15, 0.2) is 0 Å². The topological polar surface area (TPSA) is 46.3 Å². The first-order valence-corrected chi connectivity index (χ1v) is 6.59. The number of hydrogen-bond donors (Lipinski definition) is 1. The van der Waals surface area contributed by atoms with E-state index in [1.165, 1.54) is 5.56 Å². The van der Waals surface area contributed by atoms with Gasteiger partial charge in [-0.2, -0.15) is 0 Å². The average Bonchev–Trinajstić information content (AvgIpc) is 2.35. The van der Waals surface area contributed by atoms with Gasteiger partial charge in [0.25, 0.3) is 0 Å². The maximum Gasteiger partial charge on any atom is 0.226 e. The van der Waals surface area contributed by atoms with Gasteiger partial charge in [-0.25, -0.2) is 0 Å². The second kappa shape index (κ2) is 7.17. The van der Waals surface area contributed by atoms with Crippen LogP contribution >= 0.6 is 0 Å². The zero-order valence-electron chi connectivity index (χ0n) is 11.6. The zero-order valence-corrected chi connectivity index (χ0v) is 11.6. The first-order chi connectivity index (χ1) is 8.58.